The lowest BCUT2D eigenvalue weighted by molar-refractivity contribution is 0.597. The van der Waals surface area contributed by atoms with Crippen molar-refractivity contribution < 1.29 is 8.42 Å². The van der Waals surface area contributed by atoms with Crippen molar-refractivity contribution in [3.05, 3.63) is 23.8 Å². The zero-order valence-corrected chi connectivity index (χ0v) is 12.9. The maximum absolute atomic E-state index is 11.4. The van der Waals surface area contributed by atoms with Crippen LogP contribution >= 0.6 is 11.8 Å². The standard InChI is InChI=1S/C13H20N2O2S2/c1-3-18-7-6-15-10(2)8-11-9-12(19(14,16)17)4-5-13(11)15/h4-5,9-10H,3,6-8H2,1-2H3,(H2,14,16,17). The van der Waals surface area contributed by atoms with E-state index in [4.69, 9.17) is 5.14 Å². The molecule has 1 unspecified atom stereocenters. The van der Waals surface area contributed by atoms with E-state index >= 15 is 0 Å². The van der Waals surface area contributed by atoms with Gasteiger partial charge < -0.3 is 4.90 Å². The highest BCUT2D eigenvalue weighted by atomic mass is 32.2. The van der Waals surface area contributed by atoms with Crippen LogP contribution in [0.1, 0.15) is 19.4 Å². The van der Waals surface area contributed by atoms with Crippen LogP contribution in [0.15, 0.2) is 23.1 Å². The van der Waals surface area contributed by atoms with Crippen LogP contribution in [0.3, 0.4) is 0 Å². The number of rotatable bonds is 5. The van der Waals surface area contributed by atoms with Crippen molar-refractivity contribution in [2.75, 3.05) is 23.0 Å². The smallest absolute Gasteiger partial charge is 0.238 e. The van der Waals surface area contributed by atoms with Gasteiger partial charge in [0.2, 0.25) is 10.0 Å². The van der Waals surface area contributed by atoms with Crippen molar-refractivity contribution in [3.8, 4) is 0 Å². The number of hydrogen-bond acceptors (Lipinski definition) is 4. The second-order valence-corrected chi connectivity index (χ2v) is 7.73. The Morgan fingerprint density at radius 3 is 2.84 bits per heavy atom. The second-order valence-electron chi connectivity index (χ2n) is 4.78. The molecule has 2 N–H and O–H groups in total. The molecule has 1 aliphatic rings. The van der Waals surface area contributed by atoms with E-state index in [-0.39, 0.29) is 4.90 Å². The van der Waals surface area contributed by atoms with Crippen LogP contribution in [0.5, 0.6) is 0 Å². The Balaban J connectivity index is 2.23. The SMILES string of the molecule is CCSCCN1c2ccc(S(N)(=O)=O)cc2CC1C. The van der Waals surface area contributed by atoms with E-state index in [0.29, 0.717) is 6.04 Å². The number of nitrogens with two attached hydrogens (primary N) is 1. The first-order valence-electron chi connectivity index (χ1n) is 6.43. The molecule has 1 heterocycles. The molecule has 1 aliphatic heterocycles. The maximum Gasteiger partial charge on any atom is 0.238 e. The van der Waals surface area contributed by atoms with Crippen LogP contribution < -0.4 is 10.0 Å². The van der Waals surface area contributed by atoms with Crippen molar-refractivity contribution in [1.29, 1.82) is 0 Å². The minimum atomic E-state index is -3.60. The van der Waals surface area contributed by atoms with Gasteiger partial charge in [-0.1, -0.05) is 6.92 Å². The third-order valence-electron chi connectivity index (χ3n) is 3.42. The van der Waals surface area contributed by atoms with Gasteiger partial charge in [0.25, 0.3) is 0 Å². The lowest BCUT2D eigenvalue weighted by Gasteiger charge is -2.24. The Bertz CT molecular complexity index is 558. The van der Waals surface area contributed by atoms with Gasteiger partial charge in [0.15, 0.2) is 0 Å². The number of benzene rings is 1. The monoisotopic (exact) mass is 300 g/mol. The van der Waals surface area contributed by atoms with Crippen LogP contribution in [0, 0.1) is 0 Å². The van der Waals surface area contributed by atoms with Gasteiger partial charge >= 0.3 is 0 Å². The fraction of sp³-hybridized carbons (Fsp3) is 0.538. The molecule has 0 aliphatic carbocycles. The summed E-state index contributed by atoms with van der Waals surface area (Å²) >= 11 is 1.92. The van der Waals surface area contributed by atoms with E-state index in [9.17, 15) is 8.42 Å². The highest BCUT2D eigenvalue weighted by Gasteiger charge is 2.26. The summed E-state index contributed by atoms with van der Waals surface area (Å²) in [4.78, 5) is 2.56. The quantitative estimate of drug-likeness (QED) is 0.843. The fourth-order valence-corrected chi connectivity index (χ4v) is 3.68. The predicted octanol–water partition coefficient (Wildman–Crippen LogP) is 1.84. The zero-order valence-electron chi connectivity index (χ0n) is 11.3. The second kappa shape index (κ2) is 5.73. The zero-order chi connectivity index (χ0) is 14.0. The normalized spacial score (nSPS) is 18.7. The van der Waals surface area contributed by atoms with Crippen molar-refractivity contribution in [3.63, 3.8) is 0 Å². The molecule has 1 aromatic carbocycles. The first-order chi connectivity index (χ1) is 8.93. The first kappa shape index (κ1) is 14.7. The van der Waals surface area contributed by atoms with Gasteiger partial charge in [-0.25, -0.2) is 13.6 Å². The summed E-state index contributed by atoms with van der Waals surface area (Å²) in [6.45, 7) is 5.33. The average molecular weight is 300 g/mol. The molecule has 4 nitrogen and oxygen atoms in total. The Morgan fingerprint density at radius 1 is 1.47 bits per heavy atom. The van der Waals surface area contributed by atoms with E-state index in [1.54, 1.807) is 12.1 Å². The summed E-state index contributed by atoms with van der Waals surface area (Å²) < 4.78 is 22.7. The van der Waals surface area contributed by atoms with Crippen LogP contribution in [0.4, 0.5) is 5.69 Å². The van der Waals surface area contributed by atoms with E-state index in [2.05, 4.69) is 18.7 Å². The average Bonchev–Trinajstić information content (AvgIpc) is 2.64. The molecule has 106 valence electrons. The Morgan fingerprint density at radius 2 is 2.21 bits per heavy atom. The molecule has 1 atom stereocenters. The van der Waals surface area contributed by atoms with Crippen LogP contribution in [-0.4, -0.2) is 32.5 Å². The Labute approximate surface area is 119 Å². The van der Waals surface area contributed by atoms with E-state index in [1.807, 2.05) is 17.8 Å². The molecular weight excluding hydrogens is 280 g/mol. The number of anilines is 1. The highest BCUT2D eigenvalue weighted by Crippen LogP contribution is 2.33. The largest absolute Gasteiger partial charge is 0.367 e. The number of sulfonamides is 1. The van der Waals surface area contributed by atoms with Gasteiger partial charge in [-0.3, -0.25) is 0 Å². The minimum Gasteiger partial charge on any atom is -0.367 e. The van der Waals surface area contributed by atoms with Gasteiger partial charge in [0.1, 0.15) is 0 Å². The molecule has 0 saturated heterocycles. The third-order valence-corrected chi connectivity index (χ3v) is 5.21. The molecule has 1 aromatic rings. The summed E-state index contributed by atoms with van der Waals surface area (Å²) in [6, 6.07) is 5.62. The summed E-state index contributed by atoms with van der Waals surface area (Å²) in [5, 5.41) is 5.17. The van der Waals surface area contributed by atoms with E-state index in [1.165, 1.54) is 0 Å². The van der Waals surface area contributed by atoms with Crippen LogP contribution in [0.25, 0.3) is 0 Å². The molecule has 0 fully saturated rings. The van der Waals surface area contributed by atoms with Gasteiger partial charge in [-0.15, -0.1) is 0 Å². The van der Waals surface area contributed by atoms with Gasteiger partial charge in [-0.2, -0.15) is 11.8 Å². The summed E-state index contributed by atoms with van der Waals surface area (Å²) in [6.07, 6.45) is 0.884. The first-order valence-corrected chi connectivity index (χ1v) is 9.13. The molecule has 6 heteroatoms. The molecule has 0 amide bonds. The van der Waals surface area contributed by atoms with Gasteiger partial charge in [0, 0.05) is 24.0 Å². The molecular formula is C13H20N2O2S2. The molecule has 0 saturated carbocycles. The Kier molecular flexibility index (Phi) is 4.43. The molecule has 19 heavy (non-hydrogen) atoms. The highest BCUT2D eigenvalue weighted by molar-refractivity contribution is 7.99. The summed E-state index contributed by atoms with van der Waals surface area (Å²) in [5.74, 6) is 2.22. The molecule has 2 rings (SSSR count). The maximum atomic E-state index is 11.4. The van der Waals surface area contributed by atoms with Crippen LogP contribution in [0.2, 0.25) is 0 Å². The van der Waals surface area contributed by atoms with Crippen molar-refractivity contribution in [1.82, 2.24) is 0 Å². The lowest BCUT2D eigenvalue weighted by Crippen LogP contribution is -2.31. The van der Waals surface area contributed by atoms with Crippen LogP contribution in [-0.2, 0) is 16.4 Å². The number of primary sulfonamides is 1. The lowest BCUT2D eigenvalue weighted by atomic mass is 10.1. The molecule has 0 spiro atoms. The van der Waals surface area contributed by atoms with Crippen molar-refractivity contribution in [2.45, 2.75) is 31.2 Å². The van der Waals surface area contributed by atoms with Gasteiger partial charge in [-0.05, 0) is 42.9 Å². The number of nitrogens with zero attached hydrogens (tertiary/aromatic N) is 1. The summed E-state index contributed by atoms with van der Waals surface area (Å²) in [5.41, 5.74) is 2.23. The Hall–Kier alpha value is -0.720. The minimum absolute atomic E-state index is 0.211. The number of fused-ring (bicyclic) bond motifs is 1. The number of thioether (sulfide) groups is 1. The van der Waals surface area contributed by atoms with E-state index in [0.717, 1.165) is 35.7 Å². The topological polar surface area (TPSA) is 63.4 Å². The van der Waals surface area contributed by atoms with Gasteiger partial charge in [0.05, 0.1) is 4.90 Å². The number of hydrogen-bond donors (Lipinski definition) is 1. The third kappa shape index (κ3) is 3.24. The fourth-order valence-electron chi connectivity index (χ4n) is 2.50. The predicted molar refractivity (Wildman–Crippen MR) is 81.3 cm³/mol. The van der Waals surface area contributed by atoms with E-state index < -0.39 is 10.0 Å². The summed E-state index contributed by atoms with van der Waals surface area (Å²) in [7, 11) is -3.60. The molecule has 0 bridgehead atoms. The van der Waals surface area contributed by atoms with Crippen molar-refractivity contribution in [2.24, 2.45) is 5.14 Å². The molecule has 0 radical (unpaired) electrons. The molecule has 0 aromatic heterocycles. The van der Waals surface area contributed by atoms with Crippen molar-refractivity contribution >= 4 is 27.5 Å².